The molecule has 1 atom stereocenters. The van der Waals surface area contributed by atoms with E-state index in [1.165, 1.54) is 0 Å². The molecule has 2 aliphatic heterocycles. The van der Waals surface area contributed by atoms with E-state index in [-0.39, 0.29) is 23.5 Å². The summed E-state index contributed by atoms with van der Waals surface area (Å²) in [5.74, 6) is -2.60. The molecule has 2 saturated heterocycles. The lowest BCUT2D eigenvalue weighted by Gasteiger charge is -2.54. The second kappa shape index (κ2) is 10.7. The molecule has 168 valence electrons. The van der Waals surface area contributed by atoms with Gasteiger partial charge in [-0.25, -0.2) is 4.79 Å². The van der Waals surface area contributed by atoms with Gasteiger partial charge in [0.1, 0.15) is 11.6 Å². The predicted octanol–water partition coefficient (Wildman–Crippen LogP) is 0.0940. The highest BCUT2D eigenvalue weighted by atomic mass is 19.4. The summed E-state index contributed by atoms with van der Waals surface area (Å²) in [4.78, 5) is 36.7. The molecule has 2 rings (SSSR count). The number of nitrogens with one attached hydrogen (secondary N) is 1. The van der Waals surface area contributed by atoms with Crippen LogP contribution in [0.3, 0.4) is 0 Å². The third-order valence-electron chi connectivity index (χ3n) is 4.54. The van der Waals surface area contributed by atoms with Crippen molar-refractivity contribution in [1.82, 2.24) is 15.1 Å². The number of amides is 2. The van der Waals surface area contributed by atoms with Crippen molar-refractivity contribution >= 4 is 17.8 Å². The maximum atomic E-state index is 12.1. The van der Waals surface area contributed by atoms with Gasteiger partial charge in [0, 0.05) is 26.6 Å². The Hall–Kier alpha value is -1.92. The van der Waals surface area contributed by atoms with Crippen LogP contribution in [-0.2, 0) is 23.9 Å². The van der Waals surface area contributed by atoms with E-state index in [0.29, 0.717) is 45.8 Å². The Labute approximate surface area is 167 Å². The smallest absolute Gasteiger partial charge is 0.475 e. The molecule has 0 aromatic carbocycles. The molecule has 0 saturated carbocycles. The summed E-state index contributed by atoms with van der Waals surface area (Å²) in [5.41, 5.74) is -0.290. The van der Waals surface area contributed by atoms with Crippen LogP contribution >= 0.6 is 0 Å². The molecule has 29 heavy (non-hydrogen) atoms. The molecule has 2 heterocycles. The number of ether oxygens (including phenoxy) is 2. The first kappa shape index (κ1) is 25.1. The zero-order valence-electron chi connectivity index (χ0n) is 16.8. The van der Waals surface area contributed by atoms with Crippen LogP contribution in [0.4, 0.5) is 13.2 Å². The van der Waals surface area contributed by atoms with Crippen molar-refractivity contribution in [2.24, 2.45) is 0 Å². The summed E-state index contributed by atoms with van der Waals surface area (Å²) in [6.45, 7) is 5.31. The Morgan fingerprint density at radius 2 is 1.86 bits per heavy atom. The van der Waals surface area contributed by atoms with Gasteiger partial charge in [-0.3, -0.25) is 14.5 Å². The maximum absolute atomic E-state index is 12.1. The highest BCUT2D eigenvalue weighted by molar-refractivity contribution is 5.82. The third kappa shape index (κ3) is 7.44. The number of aliphatic carboxylic acids is 1. The lowest BCUT2D eigenvalue weighted by molar-refractivity contribution is -0.201. The summed E-state index contributed by atoms with van der Waals surface area (Å²) >= 11 is 0. The van der Waals surface area contributed by atoms with Crippen molar-refractivity contribution in [2.75, 3.05) is 53.6 Å². The number of halogens is 3. The van der Waals surface area contributed by atoms with Gasteiger partial charge in [0.2, 0.25) is 11.8 Å². The minimum absolute atomic E-state index is 0.0346. The van der Waals surface area contributed by atoms with Crippen molar-refractivity contribution < 1.29 is 42.1 Å². The van der Waals surface area contributed by atoms with E-state index in [1.54, 1.807) is 7.11 Å². The Kier molecular flexibility index (Phi) is 9.30. The fourth-order valence-corrected chi connectivity index (χ4v) is 3.05. The number of carbonyl (C=O) groups excluding carboxylic acids is 2. The number of rotatable bonds is 6. The number of nitrogens with zero attached hydrogens (tertiary/aromatic N) is 2. The average molecular weight is 427 g/mol. The van der Waals surface area contributed by atoms with Crippen LogP contribution in [0.1, 0.15) is 19.8 Å². The van der Waals surface area contributed by atoms with Gasteiger partial charge in [-0.15, -0.1) is 0 Å². The summed E-state index contributed by atoms with van der Waals surface area (Å²) in [6.07, 6.45) is -3.62. The molecule has 0 aromatic rings. The Morgan fingerprint density at radius 1 is 1.28 bits per heavy atom. The summed E-state index contributed by atoms with van der Waals surface area (Å²) in [6, 6.07) is -0.275. The van der Waals surface area contributed by atoms with E-state index < -0.39 is 12.1 Å². The van der Waals surface area contributed by atoms with Crippen LogP contribution < -0.4 is 5.32 Å². The second-order valence-electron chi connectivity index (χ2n) is 7.01. The average Bonchev–Trinajstić information content (AvgIpc) is 2.59. The van der Waals surface area contributed by atoms with E-state index in [9.17, 15) is 22.8 Å². The van der Waals surface area contributed by atoms with E-state index in [2.05, 4.69) is 5.32 Å². The fraction of sp³-hybridized carbons (Fsp3) is 0.824. The maximum Gasteiger partial charge on any atom is 0.490 e. The minimum Gasteiger partial charge on any atom is -0.475 e. The summed E-state index contributed by atoms with van der Waals surface area (Å²) in [7, 11) is 3.54. The van der Waals surface area contributed by atoms with Crippen LogP contribution in [0.25, 0.3) is 0 Å². The van der Waals surface area contributed by atoms with Gasteiger partial charge in [-0.05, 0) is 13.5 Å². The van der Waals surface area contributed by atoms with E-state index >= 15 is 0 Å². The van der Waals surface area contributed by atoms with Gasteiger partial charge in [-0.2, -0.15) is 13.2 Å². The number of methoxy groups -OCH3 is 1. The third-order valence-corrected chi connectivity index (χ3v) is 4.54. The molecule has 0 aromatic heterocycles. The Bertz CT molecular complexity index is 581. The number of carbonyl (C=O) groups is 3. The second-order valence-corrected chi connectivity index (χ2v) is 7.01. The summed E-state index contributed by atoms with van der Waals surface area (Å²) < 4.78 is 42.6. The topological polar surface area (TPSA) is 108 Å². The van der Waals surface area contributed by atoms with Crippen molar-refractivity contribution in [1.29, 1.82) is 0 Å². The lowest BCUT2D eigenvalue weighted by Crippen LogP contribution is -2.73. The van der Waals surface area contributed by atoms with Crippen LogP contribution in [0.15, 0.2) is 0 Å². The van der Waals surface area contributed by atoms with E-state index in [4.69, 9.17) is 19.4 Å². The monoisotopic (exact) mass is 427 g/mol. The van der Waals surface area contributed by atoms with Gasteiger partial charge in [0.25, 0.3) is 0 Å². The fourth-order valence-electron chi connectivity index (χ4n) is 3.05. The number of carboxylic acid groups (broad SMARTS) is 1. The number of alkyl halides is 3. The molecule has 0 radical (unpaired) electrons. The van der Waals surface area contributed by atoms with Gasteiger partial charge in [0.05, 0.1) is 26.3 Å². The predicted molar refractivity (Wildman–Crippen MR) is 95.2 cm³/mol. The number of likely N-dealkylation sites (tertiary alicyclic amines) is 1. The van der Waals surface area contributed by atoms with Crippen LogP contribution in [0.5, 0.6) is 0 Å². The first-order chi connectivity index (χ1) is 13.5. The molecule has 2 N–H and O–H groups in total. The molecular weight excluding hydrogens is 399 g/mol. The first-order valence-corrected chi connectivity index (χ1v) is 9.14. The molecule has 1 unspecified atom stereocenters. The number of carboxylic acids is 1. The molecular formula is C17H28F3N3O6. The lowest BCUT2D eigenvalue weighted by atomic mass is 9.90. The standard InChI is InChI=1S/C15H27N3O4.C2HF3O2/c1-4-5-13(19)18-10-15(11-18)9-17(2)12(8-22-15)14(20)16-6-7-21-3;3-2(4,5)1(6)7/h12H,4-11H2,1-3H3,(H,16,20);(H,6,7). The first-order valence-electron chi connectivity index (χ1n) is 9.14. The van der Waals surface area contributed by atoms with Crippen LogP contribution in [0, 0.1) is 0 Å². The quantitative estimate of drug-likeness (QED) is 0.579. The molecule has 12 heteroatoms. The Morgan fingerprint density at radius 3 is 2.31 bits per heavy atom. The van der Waals surface area contributed by atoms with E-state index in [1.807, 2.05) is 23.8 Å². The van der Waals surface area contributed by atoms with Crippen LogP contribution in [-0.4, -0.2) is 104 Å². The molecule has 1 spiro atoms. The number of hydrogen-bond acceptors (Lipinski definition) is 6. The largest absolute Gasteiger partial charge is 0.490 e. The van der Waals surface area contributed by atoms with Gasteiger partial charge in [-0.1, -0.05) is 6.92 Å². The number of likely N-dealkylation sites (N-methyl/N-ethyl adjacent to an activating group) is 1. The highest BCUT2D eigenvalue weighted by Crippen LogP contribution is 2.31. The zero-order valence-corrected chi connectivity index (χ0v) is 16.8. The van der Waals surface area contributed by atoms with Crippen molar-refractivity contribution in [3.05, 3.63) is 0 Å². The highest BCUT2D eigenvalue weighted by Gasteiger charge is 2.50. The molecule has 2 aliphatic rings. The van der Waals surface area contributed by atoms with Gasteiger partial charge < -0.3 is 24.8 Å². The molecule has 2 fully saturated rings. The van der Waals surface area contributed by atoms with Crippen molar-refractivity contribution in [2.45, 2.75) is 37.6 Å². The molecule has 0 aliphatic carbocycles. The normalized spacial score (nSPS) is 21.0. The van der Waals surface area contributed by atoms with Crippen LogP contribution in [0.2, 0.25) is 0 Å². The van der Waals surface area contributed by atoms with Crippen molar-refractivity contribution in [3.63, 3.8) is 0 Å². The zero-order chi connectivity index (χ0) is 22.2. The molecule has 0 bridgehead atoms. The molecule has 2 amide bonds. The van der Waals surface area contributed by atoms with Gasteiger partial charge in [0.15, 0.2) is 0 Å². The number of morpholine rings is 1. The minimum atomic E-state index is -5.08. The SMILES string of the molecule is CCCC(=O)N1CC2(C1)CN(C)C(C(=O)NCCOC)CO2.O=C(O)C(F)(F)F. The van der Waals surface area contributed by atoms with E-state index in [0.717, 1.165) is 6.42 Å². The van der Waals surface area contributed by atoms with Gasteiger partial charge >= 0.3 is 12.1 Å². The number of hydrogen-bond donors (Lipinski definition) is 2. The summed E-state index contributed by atoms with van der Waals surface area (Å²) in [5, 5.41) is 9.97. The molecule has 9 nitrogen and oxygen atoms in total. The van der Waals surface area contributed by atoms with Crippen molar-refractivity contribution in [3.8, 4) is 0 Å². The Balaban J connectivity index is 0.000000516.